The normalized spacial score (nSPS) is 12.3. The van der Waals surface area contributed by atoms with E-state index in [2.05, 4.69) is 15.6 Å². The number of thiazole rings is 1. The van der Waals surface area contributed by atoms with Crippen LogP contribution >= 0.6 is 11.3 Å². The Labute approximate surface area is 175 Å². The van der Waals surface area contributed by atoms with Gasteiger partial charge >= 0.3 is 0 Å². The van der Waals surface area contributed by atoms with Crippen molar-refractivity contribution in [3.63, 3.8) is 0 Å². The van der Waals surface area contributed by atoms with Crippen molar-refractivity contribution in [3.8, 4) is 11.5 Å². The van der Waals surface area contributed by atoms with Crippen molar-refractivity contribution in [2.45, 2.75) is 12.8 Å². The van der Waals surface area contributed by atoms with Crippen LogP contribution in [0.3, 0.4) is 0 Å². The molecule has 0 saturated heterocycles. The second-order valence-electron chi connectivity index (χ2n) is 6.51. The maximum atomic E-state index is 13.0. The number of nitrogens with zero attached hydrogens (tertiary/aromatic N) is 1. The molecule has 7 nitrogen and oxygen atoms in total. The van der Waals surface area contributed by atoms with Gasteiger partial charge in [0.1, 0.15) is 19.0 Å². The zero-order valence-corrected chi connectivity index (χ0v) is 16.6. The molecule has 1 aliphatic heterocycles. The Kier molecular flexibility index (Phi) is 5.89. The second kappa shape index (κ2) is 8.91. The molecule has 1 aromatic heterocycles. The minimum Gasteiger partial charge on any atom is -0.486 e. The Morgan fingerprint density at radius 1 is 1.03 bits per heavy atom. The van der Waals surface area contributed by atoms with Gasteiger partial charge in [-0.05, 0) is 42.8 Å². The number of ether oxygens (including phenoxy) is 2. The first-order chi connectivity index (χ1) is 14.6. The number of fused-ring (bicyclic) bond motifs is 1. The summed E-state index contributed by atoms with van der Waals surface area (Å²) in [5.41, 5.74) is 1.67. The number of halogens is 1. The lowest BCUT2D eigenvalue weighted by Gasteiger charge is -2.19. The fourth-order valence-electron chi connectivity index (χ4n) is 2.84. The number of nitrogens with one attached hydrogen (secondary N) is 2. The van der Waals surface area contributed by atoms with Crippen molar-refractivity contribution < 1.29 is 23.5 Å². The topological polar surface area (TPSA) is 89.6 Å². The molecule has 2 heterocycles. The molecule has 0 radical (unpaired) electrons. The lowest BCUT2D eigenvalue weighted by molar-refractivity contribution is -0.116. The van der Waals surface area contributed by atoms with Crippen molar-refractivity contribution in [3.05, 3.63) is 64.9 Å². The maximum absolute atomic E-state index is 13.0. The number of hydrogen-bond donors (Lipinski definition) is 2. The van der Waals surface area contributed by atoms with E-state index < -0.39 is 5.82 Å². The number of amides is 2. The summed E-state index contributed by atoms with van der Waals surface area (Å²) >= 11 is 1.27. The van der Waals surface area contributed by atoms with E-state index in [1.807, 2.05) is 0 Å². The van der Waals surface area contributed by atoms with Crippen LogP contribution in [0.5, 0.6) is 11.5 Å². The maximum Gasteiger partial charge on any atom is 0.257 e. The number of anilines is 2. The van der Waals surface area contributed by atoms with Gasteiger partial charge in [0.2, 0.25) is 5.91 Å². The van der Waals surface area contributed by atoms with E-state index in [0.717, 1.165) is 0 Å². The Morgan fingerprint density at radius 2 is 1.80 bits per heavy atom. The lowest BCUT2D eigenvalue weighted by atomic mass is 10.2. The quantitative estimate of drug-likeness (QED) is 0.623. The molecule has 1 aliphatic rings. The summed E-state index contributed by atoms with van der Waals surface area (Å²) < 4.78 is 23.9. The average Bonchev–Trinajstić information content (AvgIpc) is 3.20. The van der Waals surface area contributed by atoms with Crippen LogP contribution in [0.2, 0.25) is 0 Å². The highest BCUT2D eigenvalue weighted by Gasteiger charge is 2.14. The van der Waals surface area contributed by atoms with Gasteiger partial charge < -0.3 is 14.8 Å². The van der Waals surface area contributed by atoms with Crippen molar-refractivity contribution in [2.75, 3.05) is 23.8 Å². The number of benzene rings is 2. The Hall–Kier alpha value is -3.46. The molecular formula is C21H18FN3O4S. The van der Waals surface area contributed by atoms with Crippen LogP contribution in [0, 0.1) is 5.82 Å². The van der Waals surface area contributed by atoms with Crippen LogP contribution in [0.25, 0.3) is 0 Å². The summed E-state index contributed by atoms with van der Waals surface area (Å²) in [5.74, 6) is 0.346. The third-order valence-electron chi connectivity index (χ3n) is 4.31. The Bertz CT molecular complexity index is 1070. The van der Waals surface area contributed by atoms with Crippen molar-refractivity contribution >= 4 is 34.0 Å². The highest BCUT2D eigenvalue weighted by Crippen LogP contribution is 2.32. The minimum atomic E-state index is -0.405. The van der Waals surface area contributed by atoms with Gasteiger partial charge in [-0.25, -0.2) is 9.37 Å². The predicted molar refractivity (Wildman–Crippen MR) is 111 cm³/mol. The molecule has 0 unspecified atom stereocenters. The summed E-state index contributed by atoms with van der Waals surface area (Å²) in [7, 11) is 0. The summed E-state index contributed by atoms with van der Waals surface area (Å²) in [5, 5.41) is 7.71. The van der Waals surface area contributed by atoms with E-state index in [1.54, 1.807) is 23.6 Å². The molecule has 4 rings (SSSR count). The number of rotatable bonds is 6. The van der Waals surface area contributed by atoms with Crippen LogP contribution in [-0.2, 0) is 11.2 Å². The van der Waals surface area contributed by atoms with Gasteiger partial charge in [0.15, 0.2) is 16.6 Å². The standard InChI is InChI=1S/C21H18FN3O4S/c22-14-3-1-13(2-4-14)20(27)25-21-24-16(12-30-21)6-8-19(26)23-15-5-7-17-18(11-15)29-10-9-28-17/h1-5,7,11-12H,6,8-10H2,(H,23,26)(H,24,25,27). The van der Waals surface area contributed by atoms with Crippen LogP contribution in [0.4, 0.5) is 15.2 Å². The van der Waals surface area contributed by atoms with Crippen LogP contribution in [-0.4, -0.2) is 30.0 Å². The van der Waals surface area contributed by atoms with Gasteiger partial charge in [-0.3, -0.25) is 14.9 Å². The van der Waals surface area contributed by atoms with E-state index in [4.69, 9.17) is 9.47 Å². The third-order valence-corrected chi connectivity index (χ3v) is 5.12. The van der Waals surface area contributed by atoms with Gasteiger partial charge in [-0.15, -0.1) is 11.3 Å². The van der Waals surface area contributed by atoms with Gasteiger partial charge in [0.25, 0.3) is 5.91 Å². The molecule has 0 aliphatic carbocycles. The Morgan fingerprint density at radius 3 is 2.60 bits per heavy atom. The average molecular weight is 427 g/mol. The fraction of sp³-hybridized carbons (Fsp3) is 0.190. The van der Waals surface area contributed by atoms with Crippen molar-refractivity contribution in [2.24, 2.45) is 0 Å². The zero-order chi connectivity index (χ0) is 20.9. The summed E-state index contributed by atoms with van der Waals surface area (Å²) in [6.07, 6.45) is 0.669. The number of carbonyl (C=O) groups is 2. The summed E-state index contributed by atoms with van der Waals surface area (Å²) in [4.78, 5) is 28.7. The van der Waals surface area contributed by atoms with E-state index in [0.29, 0.717) is 53.2 Å². The number of carbonyl (C=O) groups excluding carboxylic acids is 2. The van der Waals surface area contributed by atoms with E-state index >= 15 is 0 Å². The van der Waals surface area contributed by atoms with Gasteiger partial charge in [-0.2, -0.15) is 0 Å². The molecule has 0 bridgehead atoms. The number of aromatic nitrogens is 1. The minimum absolute atomic E-state index is 0.156. The van der Waals surface area contributed by atoms with Crippen LogP contribution in [0.1, 0.15) is 22.5 Å². The van der Waals surface area contributed by atoms with E-state index in [-0.39, 0.29) is 18.2 Å². The van der Waals surface area contributed by atoms with E-state index in [1.165, 1.54) is 35.6 Å². The summed E-state index contributed by atoms with van der Waals surface area (Å²) in [6.45, 7) is 0.993. The number of hydrogen-bond acceptors (Lipinski definition) is 6. The highest BCUT2D eigenvalue weighted by atomic mass is 32.1. The monoisotopic (exact) mass is 427 g/mol. The molecule has 0 fully saturated rings. The van der Waals surface area contributed by atoms with Crippen molar-refractivity contribution in [1.82, 2.24) is 4.98 Å². The molecule has 30 heavy (non-hydrogen) atoms. The largest absolute Gasteiger partial charge is 0.486 e. The highest BCUT2D eigenvalue weighted by molar-refractivity contribution is 7.14. The Balaban J connectivity index is 1.28. The van der Waals surface area contributed by atoms with Crippen LogP contribution < -0.4 is 20.1 Å². The molecule has 0 atom stereocenters. The zero-order valence-electron chi connectivity index (χ0n) is 15.8. The molecule has 154 valence electrons. The van der Waals surface area contributed by atoms with Crippen molar-refractivity contribution in [1.29, 1.82) is 0 Å². The number of aryl methyl sites for hydroxylation is 1. The third kappa shape index (κ3) is 4.93. The summed E-state index contributed by atoms with van der Waals surface area (Å²) in [6, 6.07) is 10.5. The molecule has 2 amide bonds. The second-order valence-corrected chi connectivity index (χ2v) is 7.37. The molecule has 9 heteroatoms. The fourth-order valence-corrected chi connectivity index (χ4v) is 3.58. The van der Waals surface area contributed by atoms with Gasteiger partial charge in [0.05, 0.1) is 5.69 Å². The van der Waals surface area contributed by atoms with Gasteiger partial charge in [0, 0.05) is 29.1 Å². The van der Waals surface area contributed by atoms with Gasteiger partial charge in [-0.1, -0.05) is 0 Å². The van der Waals surface area contributed by atoms with Crippen LogP contribution in [0.15, 0.2) is 47.8 Å². The first-order valence-corrected chi connectivity index (χ1v) is 10.2. The first kappa shape index (κ1) is 19.8. The first-order valence-electron chi connectivity index (χ1n) is 9.28. The molecule has 2 N–H and O–H groups in total. The molecule has 0 spiro atoms. The molecular weight excluding hydrogens is 409 g/mol. The lowest BCUT2D eigenvalue weighted by Crippen LogP contribution is -2.16. The SMILES string of the molecule is O=C(CCc1csc(NC(=O)c2ccc(F)cc2)n1)Nc1ccc2c(c1)OCCO2. The van der Waals surface area contributed by atoms with E-state index in [9.17, 15) is 14.0 Å². The predicted octanol–water partition coefficient (Wildman–Crippen LogP) is 3.88. The molecule has 0 saturated carbocycles. The molecule has 3 aromatic rings. The molecule has 2 aromatic carbocycles. The smallest absolute Gasteiger partial charge is 0.257 e.